The van der Waals surface area contributed by atoms with Crippen LogP contribution in [-0.2, 0) is 9.59 Å². The second kappa shape index (κ2) is 7.96. The predicted molar refractivity (Wildman–Crippen MR) is 116 cm³/mol. The Kier molecular flexibility index (Phi) is 5.23. The molecule has 4 rings (SSSR count). The third-order valence-corrected chi connectivity index (χ3v) is 6.03. The maximum absolute atomic E-state index is 12.4. The second-order valence-corrected chi connectivity index (χ2v) is 8.12. The number of nitrogens with zero attached hydrogens (tertiary/aromatic N) is 2. The van der Waals surface area contributed by atoms with Crippen LogP contribution in [0.1, 0.15) is 18.1 Å². The van der Waals surface area contributed by atoms with Crippen molar-refractivity contribution in [2.75, 3.05) is 0 Å². The van der Waals surface area contributed by atoms with E-state index in [-0.39, 0.29) is 11.6 Å². The number of thiazole rings is 2. The van der Waals surface area contributed by atoms with Gasteiger partial charge < -0.3 is 0 Å². The number of allylic oxidation sites excluding steroid dienone is 2. The van der Waals surface area contributed by atoms with Crippen LogP contribution in [-0.4, -0.2) is 21.5 Å². The van der Waals surface area contributed by atoms with Crippen molar-refractivity contribution in [3.8, 4) is 0 Å². The molecule has 0 aliphatic heterocycles. The van der Waals surface area contributed by atoms with Crippen molar-refractivity contribution in [1.82, 2.24) is 9.97 Å². The Bertz CT molecular complexity index is 1140. The Hall–Kier alpha value is -2.96. The Balaban J connectivity index is 1.42. The Morgan fingerprint density at radius 1 is 0.821 bits per heavy atom. The third kappa shape index (κ3) is 3.98. The average Bonchev–Trinajstić information content (AvgIpc) is 3.37. The highest BCUT2D eigenvalue weighted by atomic mass is 32.1. The lowest BCUT2D eigenvalue weighted by Gasteiger charge is -2.03. The normalized spacial score (nSPS) is 12.1. The zero-order chi connectivity index (χ0) is 19.5. The molecule has 0 radical (unpaired) electrons. The van der Waals surface area contributed by atoms with Gasteiger partial charge in [-0.05, 0) is 54.5 Å². The fourth-order valence-corrected chi connectivity index (χ4v) is 4.19. The van der Waals surface area contributed by atoms with E-state index in [4.69, 9.17) is 0 Å². The molecule has 2 heterocycles. The first-order chi connectivity index (χ1) is 13.6. The summed E-state index contributed by atoms with van der Waals surface area (Å²) in [7, 11) is 0. The van der Waals surface area contributed by atoms with Gasteiger partial charge in [0.15, 0.2) is 11.6 Å². The van der Waals surface area contributed by atoms with Gasteiger partial charge in [-0.25, -0.2) is 9.97 Å². The van der Waals surface area contributed by atoms with Crippen molar-refractivity contribution in [2.45, 2.75) is 6.92 Å². The maximum atomic E-state index is 12.4. The quantitative estimate of drug-likeness (QED) is 0.319. The number of hydrogen-bond acceptors (Lipinski definition) is 6. The Labute approximate surface area is 169 Å². The van der Waals surface area contributed by atoms with Crippen LogP contribution < -0.4 is 0 Å². The fourth-order valence-electron chi connectivity index (χ4n) is 2.74. The minimum atomic E-state index is -0.716. The van der Waals surface area contributed by atoms with Gasteiger partial charge in [0.25, 0.3) is 0 Å². The smallest absolute Gasteiger partial charge is 0.166 e. The summed E-state index contributed by atoms with van der Waals surface area (Å²) in [6, 6.07) is 11.6. The molecule has 4 nitrogen and oxygen atoms in total. The van der Waals surface area contributed by atoms with E-state index in [1.54, 1.807) is 52.8 Å². The number of ketones is 2. The van der Waals surface area contributed by atoms with Crippen LogP contribution in [0.25, 0.3) is 32.6 Å². The van der Waals surface area contributed by atoms with Gasteiger partial charge in [-0.2, -0.15) is 0 Å². The van der Waals surface area contributed by atoms with Gasteiger partial charge in [-0.3, -0.25) is 9.59 Å². The van der Waals surface area contributed by atoms with Gasteiger partial charge in [0.1, 0.15) is 0 Å². The fraction of sp³-hybridized carbons (Fsp3) is 0.0909. The van der Waals surface area contributed by atoms with Crippen LogP contribution >= 0.6 is 22.7 Å². The van der Waals surface area contributed by atoms with E-state index in [9.17, 15) is 9.59 Å². The number of aromatic nitrogens is 2. The number of rotatable bonds is 6. The van der Waals surface area contributed by atoms with E-state index in [1.807, 2.05) is 36.4 Å². The molecule has 0 unspecified atom stereocenters. The highest BCUT2D eigenvalue weighted by Gasteiger charge is 2.16. The average molecular weight is 405 g/mol. The number of carbonyl (C=O) groups is 2. The summed E-state index contributed by atoms with van der Waals surface area (Å²) < 4.78 is 2.14. The van der Waals surface area contributed by atoms with E-state index >= 15 is 0 Å². The van der Waals surface area contributed by atoms with Gasteiger partial charge in [-0.1, -0.05) is 24.3 Å². The third-order valence-electron chi connectivity index (χ3n) is 4.44. The topological polar surface area (TPSA) is 59.9 Å². The van der Waals surface area contributed by atoms with Gasteiger partial charge in [-0.15, -0.1) is 22.7 Å². The Morgan fingerprint density at radius 2 is 1.29 bits per heavy atom. The lowest BCUT2D eigenvalue weighted by molar-refractivity contribution is -0.126. The van der Waals surface area contributed by atoms with Crippen LogP contribution in [0.2, 0.25) is 0 Å². The summed E-state index contributed by atoms with van der Waals surface area (Å²) in [6.07, 6.45) is 6.43. The molecule has 0 spiro atoms. The molecule has 6 heteroatoms. The van der Waals surface area contributed by atoms with Crippen LogP contribution in [0.4, 0.5) is 0 Å². The van der Waals surface area contributed by atoms with Crippen molar-refractivity contribution in [1.29, 1.82) is 0 Å². The molecule has 0 atom stereocenters. The Morgan fingerprint density at radius 3 is 1.75 bits per heavy atom. The molecule has 28 heavy (non-hydrogen) atoms. The minimum absolute atomic E-state index is 0.211. The first kappa shape index (κ1) is 18.4. The van der Waals surface area contributed by atoms with Crippen LogP contribution in [0.3, 0.4) is 0 Å². The summed E-state index contributed by atoms with van der Waals surface area (Å²) in [5.74, 6) is -1.14. The second-order valence-electron chi connectivity index (χ2n) is 6.35. The summed E-state index contributed by atoms with van der Waals surface area (Å²) in [5.41, 5.74) is 7.31. The molecule has 138 valence electrons. The van der Waals surface area contributed by atoms with Crippen molar-refractivity contribution in [3.63, 3.8) is 0 Å². The lowest BCUT2D eigenvalue weighted by Crippen LogP contribution is -2.17. The summed E-state index contributed by atoms with van der Waals surface area (Å²) >= 11 is 3.11. The number of fused-ring (bicyclic) bond motifs is 2. The zero-order valence-electron chi connectivity index (χ0n) is 15.0. The standard InChI is InChI=1S/C22H16N2O2S2/c1-14(19(25)8-4-15-2-6-17-21(10-15)27-12-23-17)20(26)9-5-16-3-7-18-22(11-16)28-13-24-18/h2-14H,1H3/b8-4+,9-5+. The largest absolute Gasteiger partial charge is 0.294 e. The van der Waals surface area contributed by atoms with Crippen LogP contribution in [0.15, 0.2) is 59.6 Å². The first-order valence-corrected chi connectivity index (χ1v) is 10.5. The molecule has 2 aromatic heterocycles. The highest BCUT2D eigenvalue weighted by Crippen LogP contribution is 2.21. The summed E-state index contributed by atoms with van der Waals surface area (Å²) in [5, 5.41) is 0. The van der Waals surface area contributed by atoms with Gasteiger partial charge in [0.05, 0.1) is 37.4 Å². The van der Waals surface area contributed by atoms with E-state index in [1.165, 1.54) is 12.2 Å². The van der Waals surface area contributed by atoms with Crippen molar-refractivity contribution in [3.05, 3.63) is 70.7 Å². The SMILES string of the molecule is CC(C(=O)/C=C/c1ccc2ncsc2c1)C(=O)/C=C/c1ccc2ncsc2c1. The number of hydrogen-bond donors (Lipinski definition) is 0. The van der Waals surface area contributed by atoms with Crippen LogP contribution in [0.5, 0.6) is 0 Å². The molecule has 0 amide bonds. The molecule has 4 aromatic rings. The van der Waals surface area contributed by atoms with Crippen molar-refractivity contribution >= 4 is 66.8 Å². The molecule has 2 aromatic carbocycles. The minimum Gasteiger partial charge on any atom is -0.294 e. The monoisotopic (exact) mass is 404 g/mol. The molecular weight excluding hydrogens is 388 g/mol. The van der Waals surface area contributed by atoms with E-state index < -0.39 is 5.92 Å². The molecule has 0 aliphatic carbocycles. The lowest BCUT2D eigenvalue weighted by atomic mass is 9.99. The summed E-state index contributed by atoms with van der Waals surface area (Å²) in [6.45, 7) is 1.64. The number of carbonyl (C=O) groups excluding carboxylic acids is 2. The molecule has 0 saturated heterocycles. The van der Waals surface area contributed by atoms with Crippen molar-refractivity contribution in [2.24, 2.45) is 5.92 Å². The first-order valence-electron chi connectivity index (χ1n) is 8.70. The molecular formula is C22H16N2O2S2. The number of benzene rings is 2. The highest BCUT2D eigenvalue weighted by molar-refractivity contribution is 7.17. The van der Waals surface area contributed by atoms with Crippen molar-refractivity contribution < 1.29 is 9.59 Å². The van der Waals surface area contributed by atoms with E-state index in [0.717, 1.165) is 31.6 Å². The van der Waals surface area contributed by atoms with Crippen LogP contribution in [0, 0.1) is 5.92 Å². The van der Waals surface area contributed by atoms with E-state index in [0.29, 0.717) is 0 Å². The molecule has 0 bridgehead atoms. The zero-order valence-corrected chi connectivity index (χ0v) is 16.7. The summed E-state index contributed by atoms with van der Waals surface area (Å²) in [4.78, 5) is 33.2. The molecule has 0 saturated carbocycles. The molecule has 0 N–H and O–H groups in total. The maximum Gasteiger partial charge on any atom is 0.166 e. The predicted octanol–water partition coefficient (Wildman–Crippen LogP) is 5.41. The van der Waals surface area contributed by atoms with Gasteiger partial charge in [0, 0.05) is 0 Å². The van der Waals surface area contributed by atoms with E-state index in [2.05, 4.69) is 9.97 Å². The molecule has 0 aliphatic rings. The van der Waals surface area contributed by atoms with Gasteiger partial charge >= 0.3 is 0 Å². The molecule has 0 fully saturated rings. The van der Waals surface area contributed by atoms with Gasteiger partial charge in [0.2, 0.25) is 0 Å².